The van der Waals surface area contributed by atoms with Gasteiger partial charge in [0.2, 0.25) is 0 Å². The van der Waals surface area contributed by atoms with Gasteiger partial charge in [-0.05, 0) is 28.8 Å². The van der Waals surface area contributed by atoms with E-state index in [-0.39, 0.29) is 5.97 Å². The maximum absolute atomic E-state index is 12.1. The summed E-state index contributed by atoms with van der Waals surface area (Å²) >= 11 is 0. The summed E-state index contributed by atoms with van der Waals surface area (Å²) in [5.41, 5.74) is 8.67. The number of carbonyl (C=O) groups excluding carboxylic acids is 1. The van der Waals surface area contributed by atoms with Gasteiger partial charge in [-0.15, -0.1) is 0 Å². The number of benzene rings is 2. The van der Waals surface area contributed by atoms with Crippen molar-refractivity contribution < 1.29 is 9.53 Å². The summed E-state index contributed by atoms with van der Waals surface area (Å²) in [7, 11) is 1.41. The van der Waals surface area contributed by atoms with Gasteiger partial charge in [-0.1, -0.05) is 43.7 Å². The van der Waals surface area contributed by atoms with Crippen LogP contribution in [-0.4, -0.2) is 22.6 Å². The van der Waals surface area contributed by atoms with E-state index in [4.69, 9.17) is 10.5 Å². The first kappa shape index (κ1) is 18.1. The number of hydrogen-bond acceptors (Lipinski definition) is 4. The molecule has 5 nitrogen and oxygen atoms in total. The molecule has 0 radical (unpaired) electrons. The van der Waals surface area contributed by atoms with Crippen LogP contribution in [0.25, 0.3) is 10.8 Å². The fourth-order valence-electron chi connectivity index (χ4n) is 3.30. The smallest absolute Gasteiger partial charge is 0.338 e. The number of aryl methyl sites for hydroxylation is 1. The Kier molecular flexibility index (Phi) is 5.68. The van der Waals surface area contributed by atoms with Crippen molar-refractivity contribution in [3.8, 4) is 0 Å². The summed E-state index contributed by atoms with van der Waals surface area (Å²) in [5, 5.41) is 1.95. The number of carbonyl (C=O) groups is 1. The molecule has 0 atom stereocenters. The normalized spacial score (nSPS) is 11.0. The minimum absolute atomic E-state index is 0.318. The largest absolute Gasteiger partial charge is 0.465 e. The van der Waals surface area contributed by atoms with Crippen LogP contribution in [0.15, 0.2) is 42.6 Å². The van der Waals surface area contributed by atoms with E-state index in [0.717, 1.165) is 47.1 Å². The van der Waals surface area contributed by atoms with Crippen molar-refractivity contribution in [3.05, 3.63) is 65.2 Å². The Morgan fingerprint density at radius 1 is 1.19 bits per heavy atom. The van der Waals surface area contributed by atoms with E-state index in [2.05, 4.69) is 16.5 Å². The molecule has 0 bridgehead atoms. The number of aromatic nitrogens is 2. The average Bonchev–Trinajstić information content (AvgIpc) is 3.07. The van der Waals surface area contributed by atoms with Crippen molar-refractivity contribution in [1.82, 2.24) is 9.55 Å². The number of nitrogens with two attached hydrogens (primary N) is 1. The van der Waals surface area contributed by atoms with Gasteiger partial charge in [-0.25, -0.2) is 9.78 Å². The molecule has 0 unspecified atom stereocenters. The highest BCUT2D eigenvalue weighted by Crippen LogP contribution is 2.25. The summed E-state index contributed by atoms with van der Waals surface area (Å²) in [6.07, 6.45) is 5.04. The van der Waals surface area contributed by atoms with Crippen molar-refractivity contribution in [2.24, 2.45) is 5.73 Å². The monoisotopic (exact) mass is 351 g/mol. The van der Waals surface area contributed by atoms with Crippen LogP contribution in [-0.2, 0) is 24.2 Å². The second kappa shape index (κ2) is 8.15. The molecule has 0 aliphatic rings. The van der Waals surface area contributed by atoms with Crippen LogP contribution in [0.1, 0.15) is 47.2 Å². The van der Waals surface area contributed by atoms with Crippen LogP contribution in [0.4, 0.5) is 0 Å². The molecule has 2 N–H and O–H groups in total. The molecule has 0 spiro atoms. The van der Waals surface area contributed by atoms with Gasteiger partial charge >= 0.3 is 5.97 Å². The van der Waals surface area contributed by atoms with Crippen LogP contribution in [0.3, 0.4) is 0 Å². The minimum atomic E-state index is -0.318. The summed E-state index contributed by atoms with van der Waals surface area (Å²) in [6, 6.07) is 11.8. The molecule has 0 fully saturated rings. The van der Waals surface area contributed by atoms with Gasteiger partial charge < -0.3 is 15.0 Å². The molecule has 26 heavy (non-hydrogen) atoms. The zero-order valence-electron chi connectivity index (χ0n) is 15.4. The van der Waals surface area contributed by atoms with Gasteiger partial charge in [0.1, 0.15) is 5.82 Å². The lowest BCUT2D eigenvalue weighted by Crippen LogP contribution is -2.12. The van der Waals surface area contributed by atoms with Gasteiger partial charge in [0.05, 0.1) is 18.4 Å². The first-order valence-corrected chi connectivity index (χ1v) is 9.01. The zero-order chi connectivity index (χ0) is 18.5. The lowest BCUT2D eigenvalue weighted by molar-refractivity contribution is 0.0603. The Balaban J connectivity index is 2.05. The van der Waals surface area contributed by atoms with E-state index in [9.17, 15) is 4.79 Å². The fraction of sp³-hybridized carbons (Fsp3) is 0.333. The molecule has 136 valence electrons. The molecule has 5 heteroatoms. The van der Waals surface area contributed by atoms with E-state index in [0.29, 0.717) is 18.7 Å². The molecule has 0 saturated carbocycles. The summed E-state index contributed by atoms with van der Waals surface area (Å²) < 4.78 is 7.12. The van der Waals surface area contributed by atoms with Gasteiger partial charge in [0.15, 0.2) is 0 Å². The van der Waals surface area contributed by atoms with E-state index < -0.39 is 0 Å². The number of esters is 1. The lowest BCUT2D eigenvalue weighted by atomic mass is 9.99. The van der Waals surface area contributed by atoms with Gasteiger partial charge in [-0.2, -0.15) is 0 Å². The Bertz CT molecular complexity index is 915. The topological polar surface area (TPSA) is 70.1 Å². The fourth-order valence-corrected chi connectivity index (χ4v) is 3.30. The first-order chi connectivity index (χ1) is 12.7. The second-order valence-electron chi connectivity index (χ2n) is 6.37. The van der Waals surface area contributed by atoms with E-state index in [1.807, 2.05) is 42.6 Å². The quantitative estimate of drug-likeness (QED) is 0.659. The third-order valence-corrected chi connectivity index (χ3v) is 4.73. The molecule has 0 saturated heterocycles. The number of ether oxygens (including phenoxy) is 1. The van der Waals surface area contributed by atoms with E-state index in [1.165, 1.54) is 7.11 Å². The minimum Gasteiger partial charge on any atom is -0.465 e. The standard InChI is InChI=1S/C21H25N3O2/c1-3-4-9-20-23-13-16(12-22)24(20)14-15-10-11-19(21(25)26-2)18-8-6-5-7-17(15)18/h5-8,10-11,13H,3-4,9,12,14,22H2,1-2H3. The number of imidazole rings is 1. The molecule has 1 heterocycles. The molecular formula is C21H25N3O2. The van der Waals surface area contributed by atoms with Gasteiger partial charge in [-0.3, -0.25) is 0 Å². The van der Waals surface area contributed by atoms with Crippen molar-refractivity contribution in [2.45, 2.75) is 39.3 Å². The first-order valence-electron chi connectivity index (χ1n) is 9.01. The molecule has 3 rings (SSSR count). The van der Waals surface area contributed by atoms with Crippen LogP contribution >= 0.6 is 0 Å². The number of rotatable bonds is 7. The molecule has 1 aromatic heterocycles. The van der Waals surface area contributed by atoms with Gasteiger partial charge in [0.25, 0.3) is 0 Å². The Labute approximate surface area is 153 Å². The maximum Gasteiger partial charge on any atom is 0.338 e. The zero-order valence-corrected chi connectivity index (χ0v) is 15.4. The molecule has 0 aliphatic carbocycles. The van der Waals surface area contributed by atoms with Crippen LogP contribution in [0.5, 0.6) is 0 Å². The Morgan fingerprint density at radius 2 is 1.96 bits per heavy atom. The van der Waals surface area contributed by atoms with Gasteiger partial charge in [0, 0.05) is 25.7 Å². The molecular weight excluding hydrogens is 326 g/mol. The third kappa shape index (κ3) is 3.48. The molecule has 2 aromatic carbocycles. The van der Waals surface area contributed by atoms with Crippen molar-refractivity contribution in [3.63, 3.8) is 0 Å². The summed E-state index contributed by atoms with van der Waals surface area (Å²) in [4.78, 5) is 16.6. The summed E-state index contributed by atoms with van der Waals surface area (Å²) in [5.74, 6) is 0.745. The SMILES string of the molecule is CCCCc1ncc(CN)n1Cc1ccc(C(=O)OC)c2ccccc12. The highest BCUT2D eigenvalue weighted by Gasteiger charge is 2.15. The lowest BCUT2D eigenvalue weighted by Gasteiger charge is -2.15. The number of unbranched alkanes of at least 4 members (excludes halogenated alkanes) is 1. The summed E-state index contributed by atoms with van der Waals surface area (Å²) in [6.45, 7) is 3.32. The van der Waals surface area contributed by atoms with E-state index in [1.54, 1.807) is 0 Å². The van der Waals surface area contributed by atoms with Crippen molar-refractivity contribution in [2.75, 3.05) is 7.11 Å². The van der Waals surface area contributed by atoms with Crippen molar-refractivity contribution in [1.29, 1.82) is 0 Å². The highest BCUT2D eigenvalue weighted by molar-refractivity contribution is 6.05. The predicted molar refractivity (Wildman–Crippen MR) is 103 cm³/mol. The van der Waals surface area contributed by atoms with Crippen LogP contribution in [0.2, 0.25) is 0 Å². The average molecular weight is 351 g/mol. The van der Waals surface area contributed by atoms with Crippen molar-refractivity contribution >= 4 is 16.7 Å². The second-order valence-corrected chi connectivity index (χ2v) is 6.37. The molecule has 0 aliphatic heterocycles. The number of hydrogen-bond donors (Lipinski definition) is 1. The number of nitrogens with zero attached hydrogens (tertiary/aromatic N) is 2. The number of fused-ring (bicyclic) bond motifs is 1. The Morgan fingerprint density at radius 3 is 2.65 bits per heavy atom. The Hall–Kier alpha value is -2.66. The van der Waals surface area contributed by atoms with Crippen LogP contribution < -0.4 is 5.73 Å². The van der Waals surface area contributed by atoms with Crippen LogP contribution in [0, 0.1) is 0 Å². The van der Waals surface area contributed by atoms with E-state index >= 15 is 0 Å². The molecule has 0 amide bonds. The highest BCUT2D eigenvalue weighted by atomic mass is 16.5. The molecule has 3 aromatic rings. The third-order valence-electron chi connectivity index (χ3n) is 4.73. The predicted octanol–water partition coefficient (Wildman–Crippen LogP) is 3.67. The maximum atomic E-state index is 12.1. The number of methoxy groups -OCH3 is 1.